The highest BCUT2D eigenvalue weighted by molar-refractivity contribution is 7.89. The summed E-state index contributed by atoms with van der Waals surface area (Å²) in [5.41, 5.74) is 0.405. The molecule has 0 unspecified atom stereocenters. The number of carbonyl (C=O) groups excluding carboxylic acids is 1. The second-order valence-corrected chi connectivity index (χ2v) is 6.65. The number of amides is 1. The summed E-state index contributed by atoms with van der Waals surface area (Å²) in [6.45, 7) is 1.36. The van der Waals surface area contributed by atoms with Crippen LogP contribution >= 0.6 is 0 Å². The smallest absolute Gasteiger partial charge is 0.244 e. The van der Waals surface area contributed by atoms with Gasteiger partial charge in [-0.25, -0.2) is 12.8 Å². The van der Waals surface area contributed by atoms with Gasteiger partial charge in [0.15, 0.2) is 0 Å². The molecule has 0 heterocycles. The molecule has 0 aliphatic heterocycles. The van der Waals surface area contributed by atoms with Crippen LogP contribution in [0.1, 0.15) is 6.92 Å². The summed E-state index contributed by atoms with van der Waals surface area (Å²) in [7, 11) is -2.71. The van der Waals surface area contributed by atoms with E-state index in [4.69, 9.17) is 4.74 Å². The maximum absolute atomic E-state index is 13.6. The Hall–Kier alpha value is -2.45. The molecule has 2 aromatic carbocycles. The minimum absolute atomic E-state index is 0.405. The van der Waals surface area contributed by atoms with Gasteiger partial charge in [0.25, 0.3) is 0 Å². The topological polar surface area (TPSA) is 84.5 Å². The van der Waals surface area contributed by atoms with E-state index in [2.05, 4.69) is 10.0 Å². The van der Waals surface area contributed by atoms with Gasteiger partial charge in [0.05, 0.1) is 18.8 Å². The predicted octanol–water partition coefficient (Wildman–Crippen LogP) is 2.14. The van der Waals surface area contributed by atoms with Crippen molar-refractivity contribution in [2.24, 2.45) is 0 Å². The van der Waals surface area contributed by atoms with Gasteiger partial charge in [-0.15, -0.1) is 0 Å². The zero-order valence-electron chi connectivity index (χ0n) is 13.1. The number of benzene rings is 2. The standard InChI is InChI=1S/C16H17FN2O4S/c1-11(16(20)18-13-8-4-5-9-14(13)23-2)19-24(21,22)15-10-6-3-7-12(15)17/h3-11,19H,1-2H3,(H,18,20)/t11-/m0/s1. The Morgan fingerprint density at radius 3 is 2.42 bits per heavy atom. The third-order valence-electron chi connectivity index (χ3n) is 3.22. The van der Waals surface area contributed by atoms with Crippen molar-refractivity contribution in [2.45, 2.75) is 17.9 Å². The molecule has 24 heavy (non-hydrogen) atoms. The van der Waals surface area contributed by atoms with Gasteiger partial charge in [0.2, 0.25) is 15.9 Å². The highest BCUT2D eigenvalue weighted by atomic mass is 32.2. The summed E-state index contributed by atoms with van der Waals surface area (Å²) in [5.74, 6) is -1.04. The van der Waals surface area contributed by atoms with Crippen molar-refractivity contribution < 1.29 is 22.3 Å². The van der Waals surface area contributed by atoms with Crippen molar-refractivity contribution >= 4 is 21.6 Å². The molecule has 0 bridgehead atoms. The predicted molar refractivity (Wildman–Crippen MR) is 87.8 cm³/mol. The summed E-state index contributed by atoms with van der Waals surface area (Å²) in [5, 5.41) is 2.57. The fourth-order valence-corrected chi connectivity index (χ4v) is 3.28. The van der Waals surface area contributed by atoms with E-state index in [-0.39, 0.29) is 0 Å². The fourth-order valence-electron chi connectivity index (χ4n) is 2.00. The van der Waals surface area contributed by atoms with E-state index >= 15 is 0 Å². The first-order valence-electron chi connectivity index (χ1n) is 7.06. The molecule has 2 aromatic rings. The molecule has 2 N–H and O–H groups in total. The monoisotopic (exact) mass is 352 g/mol. The number of halogens is 1. The molecule has 128 valence electrons. The van der Waals surface area contributed by atoms with Crippen LogP contribution in [-0.4, -0.2) is 27.5 Å². The number of hydrogen-bond donors (Lipinski definition) is 2. The first-order valence-corrected chi connectivity index (χ1v) is 8.54. The molecule has 1 amide bonds. The Labute approximate surface area is 139 Å². The van der Waals surface area contributed by atoms with Crippen LogP contribution in [0.25, 0.3) is 0 Å². The quantitative estimate of drug-likeness (QED) is 0.834. The van der Waals surface area contributed by atoms with Gasteiger partial charge in [-0.2, -0.15) is 4.72 Å². The Balaban J connectivity index is 2.13. The first-order chi connectivity index (χ1) is 11.3. The zero-order valence-corrected chi connectivity index (χ0v) is 13.9. The minimum Gasteiger partial charge on any atom is -0.495 e. The first kappa shape index (κ1) is 17.9. The van der Waals surface area contributed by atoms with E-state index in [1.807, 2.05) is 0 Å². The summed E-state index contributed by atoms with van der Waals surface area (Å²) in [4.78, 5) is 11.7. The lowest BCUT2D eigenvalue weighted by Gasteiger charge is -2.16. The highest BCUT2D eigenvalue weighted by Gasteiger charge is 2.24. The maximum Gasteiger partial charge on any atom is 0.244 e. The molecule has 8 heteroatoms. The molecule has 0 aliphatic rings. The van der Waals surface area contributed by atoms with Gasteiger partial charge >= 0.3 is 0 Å². The number of carbonyl (C=O) groups is 1. The molecule has 2 rings (SSSR count). The average Bonchev–Trinajstić information content (AvgIpc) is 2.55. The van der Waals surface area contributed by atoms with Gasteiger partial charge in [-0.05, 0) is 31.2 Å². The van der Waals surface area contributed by atoms with Gasteiger partial charge in [0, 0.05) is 0 Å². The van der Waals surface area contributed by atoms with E-state index in [9.17, 15) is 17.6 Å². The van der Waals surface area contributed by atoms with Gasteiger partial charge in [0.1, 0.15) is 16.5 Å². The van der Waals surface area contributed by atoms with E-state index in [0.717, 1.165) is 12.1 Å². The molecule has 0 spiro atoms. The summed E-state index contributed by atoms with van der Waals surface area (Å²) < 4.78 is 45.3. The number of nitrogens with one attached hydrogen (secondary N) is 2. The van der Waals surface area contributed by atoms with E-state index < -0.39 is 32.7 Å². The molecule has 0 radical (unpaired) electrons. The molecule has 0 saturated heterocycles. The van der Waals surface area contributed by atoms with Crippen molar-refractivity contribution in [3.63, 3.8) is 0 Å². The van der Waals surface area contributed by atoms with E-state index in [1.165, 1.54) is 26.2 Å². The second-order valence-electron chi connectivity index (χ2n) is 4.96. The number of sulfonamides is 1. The zero-order chi connectivity index (χ0) is 17.7. The van der Waals surface area contributed by atoms with Gasteiger partial charge < -0.3 is 10.1 Å². The van der Waals surface area contributed by atoms with Crippen LogP contribution in [0.2, 0.25) is 0 Å². The average molecular weight is 352 g/mol. The summed E-state index contributed by atoms with van der Waals surface area (Å²) in [6, 6.07) is 10.5. The lowest BCUT2D eigenvalue weighted by Crippen LogP contribution is -2.41. The largest absolute Gasteiger partial charge is 0.495 e. The van der Waals surface area contributed by atoms with Crippen molar-refractivity contribution in [1.82, 2.24) is 4.72 Å². The van der Waals surface area contributed by atoms with Gasteiger partial charge in [-0.3, -0.25) is 4.79 Å². The van der Waals surface area contributed by atoms with Crippen LogP contribution in [0, 0.1) is 5.82 Å². The van der Waals surface area contributed by atoms with E-state index in [1.54, 1.807) is 24.3 Å². The molecule has 0 aromatic heterocycles. The summed E-state index contributed by atoms with van der Waals surface area (Å²) in [6.07, 6.45) is 0. The van der Waals surface area contributed by atoms with Crippen LogP contribution in [0.15, 0.2) is 53.4 Å². The van der Waals surface area contributed by atoms with Crippen molar-refractivity contribution in [3.05, 3.63) is 54.3 Å². The SMILES string of the molecule is COc1ccccc1NC(=O)[C@H](C)NS(=O)(=O)c1ccccc1F. The number of ether oxygens (including phenoxy) is 1. The highest BCUT2D eigenvalue weighted by Crippen LogP contribution is 2.23. The van der Waals surface area contributed by atoms with Crippen molar-refractivity contribution in [1.29, 1.82) is 0 Å². The normalized spacial score (nSPS) is 12.5. The maximum atomic E-state index is 13.6. The lowest BCUT2D eigenvalue weighted by atomic mass is 10.2. The summed E-state index contributed by atoms with van der Waals surface area (Å²) >= 11 is 0. The Bertz CT molecular complexity index is 839. The molecule has 6 nitrogen and oxygen atoms in total. The molecular weight excluding hydrogens is 335 g/mol. The molecule has 0 fully saturated rings. The van der Waals surface area contributed by atoms with Crippen molar-refractivity contribution in [3.8, 4) is 5.75 Å². The third kappa shape index (κ3) is 4.09. The number of hydrogen-bond acceptors (Lipinski definition) is 4. The van der Waals surface area contributed by atoms with Crippen molar-refractivity contribution in [2.75, 3.05) is 12.4 Å². The lowest BCUT2D eigenvalue weighted by molar-refractivity contribution is -0.117. The van der Waals surface area contributed by atoms with Crippen LogP contribution < -0.4 is 14.8 Å². The Kier molecular flexibility index (Phi) is 5.53. The number of anilines is 1. The minimum atomic E-state index is -4.16. The molecule has 0 aliphatic carbocycles. The third-order valence-corrected chi connectivity index (χ3v) is 4.79. The van der Waals surface area contributed by atoms with Gasteiger partial charge in [-0.1, -0.05) is 24.3 Å². The number of para-hydroxylation sites is 2. The molecule has 0 saturated carbocycles. The van der Waals surface area contributed by atoms with Crippen LogP contribution in [-0.2, 0) is 14.8 Å². The Morgan fingerprint density at radius 2 is 1.75 bits per heavy atom. The Morgan fingerprint density at radius 1 is 1.12 bits per heavy atom. The van der Waals surface area contributed by atoms with E-state index in [0.29, 0.717) is 11.4 Å². The van der Waals surface area contributed by atoms with Crippen LogP contribution in [0.5, 0.6) is 5.75 Å². The fraction of sp³-hybridized carbons (Fsp3) is 0.188. The van der Waals surface area contributed by atoms with Crippen LogP contribution in [0.4, 0.5) is 10.1 Å². The number of rotatable bonds is 6. The van der Waals surface area contributed by atoms with Crippen LogP contribution in [0.3, 0.4) is 0 Å². The number of methoxy groups -OCH3 is 1. The second kappa shape index (κ2) is 7.41. The molecule has 1 atom stereocenters. The molecular formula is C16H17FN2O4S.